The Balaban J connectivity index is 1.43. The molecule has 0 unspecified atom stereocenters. The summed E-state index contributed by atoms with van der Waals surface area (Å²) in [4.78, 5) is 16.6. The summed E-state index contributed by atoms with van der Waals surface area (Å²) in [6.07, 6.45) is 1.26. The molecule has 1 aliphatic rings. The van der Waals surface area contributed by atoms with Gasteiger partial charge < -0.3 is 9.84 Å². The van der Waals surface area contributed by atoms with Gasteiger partial charge in [0.1, 0.15) is 18.1 Å². The smallest absolute Gasteiger partial charge is 0.205 e. The fourth-order valence-electron chi connectivity index (χ4n) is 4.54. The highest BCUT2D eigenvalue weighted by Gasteiger charge is 2.23. The Morgan fingerprint density at radius 3 is 2.68 bits per heavy atom. The lowest BCUT2D eigenvalue weighted by atomic mass is 9.98. The summed E-state index contributed by atoms with van der Waals surface area (Å²) in [6, 6.07) is 20.2. The number of fused-ring (bicyclic) bond motifs is 1. The van der Waals surface area contributed by atoms with Gasteiger partial charge in [-0.15, -0.1) is 11.3 Å². The van der Waals surface area contributed by atoms with Crippen molar-refractivity contribution in [2.75, 3.05) is 26.2 Å². The number of aromatic hydroxyl groups is 1. The predicted molar refractivity (Wildman–Crippen MR) is 140 cm³/mol. The molecule has 6 heteroatoms. The molecule has 1 saturated heterocycles. The molecule has 0 bridgehead atoms. The number of phenolic OH excluding ortho intramolecular Hbond substituents is 1. The number of rotatable bonds is 7. The maximum Gasteiger partial charge on any atom is 0.205 e. The molecule has 1 fully saturated rings. The van der Waals surface area contributed by atoms with E-state index in [1.807, 2.05) is 42.5 Å². The first-order chi connectivity index (χ1) is 16.5. The zero-order valence-corrected chi connectivity index (χ0v) is 20.5. The molecule has 5 rings (SSSR count). The van der Waals surface area contributed by atoms with Crippen LogP contribution in [0.5, 0.6) is 11.5 Å². The first kappa shape index (κ1) is 22.9. The minimum Gasteiger partial charge on any atom is -0.508 e. The second-order valence-electron chi connectivity index (χ2n) is 8.86. The van der Waals surface area contributed by atoms with Crippen LogP contribution in [0.1, 0.15) is 28.6 Å². The zero-order valence-electron chi connectivity index (χ0n) is 19.0. The third-order valence-corrected chi connectivity index (χ3v) is 7.81. The number of likely N-dealkylation sites (tertiary alicyclic amines) is 1. The normalized spacial score (nSPS) is 16.2. The Hall–Kier alpha value is -2.86. The van der Waals surface area contributed by atoms with E-state index < -0.39 is 0 Å². The van der Waals surface area contributed by atoms with Crippen molar-refractivity contribution in [1.82, 2.24) is 4.90 Å². The van der Waals surface area contributed by atoms with Crippen molar-refractivity contribution in [3.8, 4) is 22.6 Å². The summed E-state index contributed by atoms with van der Waals surface area (Å²) in [7, 11) is 0. The number of ketones is 1. The van der Waals surface area contributed by atoms with Crippen molar-refractivity contribution in [2.24, 2.45) is 5.92 Å². The fraction of sp³-hybridized carbons (Fsp3) is 0.250. The topological polar surface area (TPSA) is 49.8 Å². The van der Waals surface area contributed by atoms with Gasteiger partial charge in [0.15, 0.2) is 0 Å². The largest absolute Gasteiger partial charge is 0.508 e. The van der Waals surface area contributed by atoms with Gasteiger partial charge in [-0.3, -0.25) is 9.69 Å². The summed E-state index contributed by atoms with van der Waals surface area (Å²) >= 11 is 7.71. The van der Waals surface area contributed by atoms with Crippen LogP contribution in [0.15, 0.2) is 66.7 Å². The van der Waals surface area contributed by atoms with Crippen LogP contribution >= 0.6 is 22.9 Å². The van der Waals surface area contributed by atoms with Gasteiger partial charge in [-0.05, 0) is 66.9 Å². The fourth-order valence-corrected chi connectivity index (χ4v) is 5.97. The number of hydrogen-bond acceptors (Lipinski definition) is 5. The van der Waals surface area contributed by atoms with E-state index in [-0.39, 0.29) is 11.5 Å². The van der Waals surface area contributed by atoms with Gasteiger partial charge in [0, 0.05) is 34.3 Å². The predicted octanol–water partition coefficient (Wildman–Crippen LogP) is 6.88. The highest BCUT2D eigenvalue weighted by molar-refractivity contribution is 7.21. The van der Waals surface area contributed by atoms with Gasteiger partial charge in [0.2, 0.25) is 5.78 Å². The van der Waals surface area contributed by atoms with E-state index in [1.54, 1.807) is 24.3 Å². The van der Waals surface area contributed by atoms with Crippen molar-refractivity contribution in [1.29, 1.82) is 0 Å². The third kappa shape index (κ3) is 4.69. The highest BCUT2D eigenvalue weighted by Crippen LogP contribution is 2.42. The van der Waals surface area contributed by atoms with Crippen LogP contribution in [-0.2, 0) is 0 Å². The number of benzene rings is 3. The zero-order chi connectivity index (χ0) is 23.7. The quantitative estimate of drug-likeness (QED) is 0.286. The summed E-state index contributed by atoms with van der Waals surface area (Å²) in [5, 5.41) is 11.3. The Morgan fingerprint density at radius 2 is 1.94 bits per heavy atom. The number of carbonyl (C=O) groups excluding carboxylic acids is 1. The molecule has 0 radical (unpaired) electrons. The van der Waals surface area contributed by atoms with Gasteiger partial charge in [-0.1, -0.05) is 42.8 Å². The lowest BCUT2D eigenvalue weighted by Gasteiger charge is -2.15. The number of thiophene rings is 1. The van der Waals surface area contributed by atoms with Crippen LogP contribution in [-0.4, -0.2) is 42.0 Å². The number of nitrogens with zero attached hydrogens (tertiary/aromatic N) is 1. The first-order valence-corrected chi connectivity index (χ1v) is 12.7. The van der Waals surface area contributed by atoms with Crippen LogP contribution in [0.3, 0.4) is 0 Å². The second kappa shape index (κ2) is 9.79. The molecule has 1 aliphatic heterocycles. The molecular formula is C28H26ClNO3S. The molecule has 0 spiro atoms. The average Bonchev–Trinajstić information content (AvgIpc) is 3.42. The molecule has 4 nitrogen and oxygen atoms in total. The van der Waals surface area contributed by atoms with E-state index in [1.165, 1.54) is 17.8 Å². The number of hydrogen-bond donors (Lipinski definition) is 1. The molecule has 1 atom stereocenters. The molecule has 34 heavy (non-hydrogen) atoms. The van der Waals surface area contributed by atoms with Crippen LogP contribution < -0.4 is 4.74 Å². The summed E-state index contributed by atoms with van der Waals surface area (Å²) in [5.41, 5.74) is 2.24. The van der Waals surface area contributed by atoms with E-state index in [4.69, 9.17) is 16.3 Å². The lowest BCUT2D eigenvalue weighted by Crippen LogP contribution is -2.25. The van der Waals surface area contributed by atoms with Crippen LogP contribution in [0.4, 0.5) is 0 Å². The molecule has 174 valence electrons. The molecule has 0 saturated carbocycles. The minimum atomic E-state index is -0.124. The molecular weight excluding hydrogens is 466 g/mol. The summed E-state index contributed by atoms with van der Waals surface area (Å²) in [5.74, 6) is 1.63. The molecule has 1 N–H and O–H groups in total. The van der Waals surface area contributed by atoms with Gasteiger partial charge in [-0.2, -0.15) is 0 Å². The van der Waals surface area contributed by atoms with Crippen molar-refractivity contribution in [3.63, 3.8) is 0 Å². The summed E-state index contributed by atoms with van der Waals surface area (Å²) in [6.45, 7) is 6.17. The van der Waals surface area contributed by atoms with E-state index in [9.17, 15) is 9.90 Å². The van der Waals surface area contributed by atoms with Crippen molar-refractivity contribution in [2.45, 2.75) is 13.3 Å². The van der Waals surface area contributed by atoms with Gasteiger partial charge in [0.25, 0.3) is 0 Å². The molecule has 3 aromatic carbocycles. The van der Waals surface area contributed by atoms with Crippen LogP contribution in [0, 0.1) is 5.92 Å². The SMILES string of the molecule is C[C@H]1CCN(CCOc2ccc(-c3c(C(=O)c4ccccc4Cl)sc4cc(O)ccc34)cc2)C1. The van der Waals surface area contributed by atoms with Crippen molar-refractivity contribution in [3.05, 3.63) is 82.2 Å². The monoisotopic (exact) mass is 491 g/mol. The Bertz CT molecular complexity index is 1330. The lowest BCUT2D eigenvalue weighted by molar-refractivity contribution is 0.104. The van der Waals surface area contributed by atoms with Crippen LogP contribution in [0.2, 0.25) is 5.02 Å². The van der Waals surface area contributed by atoms with E-state index in [0.717, 1.165) is 52.5 Å². The third-order valence-electron chi connectivity index (χ3n) is 6.33. The maximum atomic E-state index is 13.5. The van der Waals surface area contributed by atoms with Crippen molar-refractivity contribution < 1.29 is 14.6 Å². The van der Waals surface area contributed by atoms with E-state index in [0.29, 0.717) is 22.1 Å². The van der Waals surface area contributed by atoms with Crippen LogP contribution in [0.25, 0.3) is 21.2 Å². The average molecular weight is 492 g/mol. The molecule has 1 aromatic heterocycles. The van der Waals surface area contributed by atoms with Gasteiger partial charge in [-0.25, -0.2) is 0 Å². The van der Waals surface area contributed by atoms with E-state index in [2.05, 4.69) is 11.8 Å². The number of ether oxygens (including phenoxy) is 1. The highest BCUT2D eigenvalue weighted by atomic mass is 35.5. The van der Waals surface area contributed by atoms with Crippen molar-refractivity contribution >= 4 is 38.8 Å². The van der Waals surface area contributed by atoms with Gasteiger partial charge in [0.05, 0.1) is 9.90 Å². The number of phenols is 1. The Morgan fingerprint density at radius 1 is 1.15 bits per heavy atom. The maximum absolute atomic E-state index is 13.5. The molecule has 0 aliphatic carbocycles. The first-order valence-electron chi connectivity index (χ1n) is 11.5. The number of carbonyl (C=O) groups is 1. The van der Waals surface area contributed by atoms with Gasteiger partial charge >= 0.3 is 0 Å². The van der Waals surface area contributed by atoms with E-state index >= 15 is 0 Å². The Kier molecular flexibility index (Phi) is 6.59. The summed E-state index contributed by atoms with van der Waals surface area (Å²) < 4.78 is 6.84. The standard InChI is InChI=1S/C28H26ClNO3S/c1-18-12-13-30(17-18)14-15-33-21-9-6-19(7-10-21)26-23-11-8-20(31)16-25(23)34-28(26)27(32)22-4-2-3-5-24(22)29/h2-11,16,18,31H,12-15,17H2,1H3/t18-/m0/s1. The molecule has 4 aromatic rings. The number of halogens is 1. The Labute approximate surface area is 208 Å². The molecule has 2 heterocycles. The minimum absolute atomic E-state index is 0.124. The molecule has 0 amide bonds. The second-order valence-corrected chi connectivity index (χ2v) is 10.3.